The van der Waals surface area contributed by atoms with E-state index in [9.17, 15) is 13.2 Å². The van der Waals surface area contributed by atoms with Crippen LogP contribution in [-0.4, -0.2) is 30.1 Å². The molecule has 0 saturated carbocycles. The average molecular weight is 294 g/mol. The molecule has 8 heteroatoms. The Hall–Kier alpha value is -1.57. The third kappa shape index (κ3) is 4.55. The second-order valence-corrected chi connectivity index (χ2v) is 4.70. The normalized spacial score (nSPS) is 14.2. The Labute approximate surface area is 112 Å². The Bertz CT molecular complexity index is 435. The molecule has 1 aromatic rings. The van der Waals surface area contributed by atoms with Crippen LogP contribution in [0.3, 0.4) is 0 Å². The molecule has 0 saturated heterocycles. The largest absolute Gasteiger partial charge is 0.497 e. The van der Waals surface area contributed by atoms with Crippen molar-refractivity contribution in [2.45, 2.75) is 11.1 Å². The van der Waals surface area contributed by atoms with Crippen LogP contribution >= 0.6 is 11.8 Å². The van der Waals surface area contributed by atoms with Crippen LogP contribution in [0.2, 0.25) is 0 Å². The number of ether oxygens (including phenoxy) is 1. The number of alkyl halides is 3. The maximum absolute atomic E-state index is 12.7. The van der Waals surface area contributed by atoms with Crippen LogP contribution in [0.15, 0.2) is 34.3 Å². The summed E-state index contributed by atoms with van der Waals surface area (Å²) in [6.07, 6.45) is -4.55. The van der Waals surface area contributed by atoms with Crippen molar-refractivity contribution < 1.29 is 23.1 Å². The van der Waals surface area contributed by atoms with E-state index in [-0.39, 0.29) is 5.75 Å². The molecule has 4 nitrogen and oxygen atoms in total. The molecule has 0 radical (unpaired) electrons. The maximum Gasteiger partial charge on any atom is 0.399 e. The van der Waals surface area contributed by atoms with Crippen molar-refractivity contribution in [1.82, 2.24) is 0 Å². The van der Waals surface area contributed by atoms with Gasteiger partial charge in [0.05, 0.1) is 7.11 Å². The van der Waals surface area contributed by atoms with E-state index in [2.05, 4.69) is 5.16 Å². The van der Waals surface area contributed by atoms with Gasteiger partial charge in [0.1, 0.15) is 11.7 Å². The number of methoxy groups -OCH3 is 1. The molecular formula is C11H13F3N2O2S. The van der Waals surface area contributed by atoms with Gasteiger partial charge in [-0.3, -0.25) is 0 Å². The number of amidine groups is 1. The molecule has 0 aliphatic carbocycles. The van der Waals surface area contributed by atoms with Crippen LogP contribution in [0.4, 0.5) is 13.2 Å². The molecular weight excluding hydrogens is 281 g/mol. The Balaban J connectivity index is 2.71. The predicted molar refractivity (Wildman–Crippen MR) is 66.7 cm³/mol. The quantitative estimate of drug-likeness (QED) is 0.288. The number of nitrogens with two attached hydrogens (primary N) is 1. The van der Waals surface area contributed by atoms with Gasteiger partial charge in [-0.15, -0.1) is 11.8 Å². The molecule has 1 rings (SSSR count). The zero-order valence-electron chi connectivity index (χ0n) is 10.0. The molecule has 0 aliphatic heterocycles. The number of oxime groups is 1. The van der Waals surface area contributed by atoms with Crippen molar-refractivity contribution in [2.75, 3.05) is 12.9 Å². The summed E-state index contributed by atoms with van der Waals surface area (Å²) in [5, 5.41) is 10.8. The van der Waals surface area contributed by atoms with E-state index in [1.807, 2.05) is 0 Å². The first-order valence-corrected chi connectivity index (χ1v) is 6.18. The average Bonchev–Trinajstić information content (AvgIpc) is 2.37. The van der Waals surface area contributed by atoms with E-state index in [1.54, 1.807) is 24.3 Å². The lowest BCUT2D eigenvalue weighted by Crippen LogP contribution is -2.37. The highest BCUT2D eigenvalue weighted by molar-refractivity contribution is 7.99. The molecule has 19 heavy (non-hydrogen) atoms. The molecule has 0 aromatic heterocycles. The second-order valence-electron chi connectivity index (χ2n) is 3.61. The molecule has 3 N–H and O–H groups in total. The fourth-order valence-corrected chi connectivity index (χ4v) is 2.32. The van der Waals surface area contributed by atoms with Gasteiger partial charge in [-0.1, -0.05) is 5.16 Å². The standard InChI is InChI=1S/C11H13F3N2O2S/c1-18-7-2-4-8(5-3-7)19-6-9(10(15)16-17)11(12,13)14/h2-5,9,17H,6H2,1H3,(H2,15,16). The summed E-state index contributed by atoms with van der Waals surface area (Å²) in [4.78, 5) is 0.640. The van der Waals surface area contributed by atoms with Crippen LogP contribution in [0.25, 0.3) is 0 Å². The zero-order valence-corrected chi connectivity index (χ0v) is 10.8. The minimum Gasteiger partial charge on any atom is -0.497 e. The van der Waals surface area contributed by atoms with Crippen LogP contribution in [0.5, 0.6) is 5.75 Å². The predicted octanol–water partition coefficient (Wildman–Crippen LogP) is 2.71. The fraction of sp³-hybridized carbons (Fsp3) is 0.364. The van der Waals surface area contributed by atoms with Gasteiger partial charge in [-0.2, -0.15) is 13.2 Å². The smallest absolute Gasteiger partial charge is 0.399 e. The lowest BCUT2D eigenvalue weighted by atomic mass is 10.1. The van der Waals surface area contributed by atoms with E-state index < -0.39 is 17.9 Å². The highest BCUT2D eigenvalue weighted by Crippen LogP contribution is 2.32. The Morgan fingerprint density at radius 3 is 2.42 bits per heavy atom. The molecule has 0 heterocycles. The first-order chi connectivity index (χ1) is 8.88. The van der Waals surface area contributed by atoms with Gasteiger partial charge < -0.3 is 15.7 Å². The lowest BCUT2D eigenvalue weighted by Gasteiger charge is -2.18. The Morgan fingerprint density at radius 2 is 2.00 bits per heavy atom. The van der Waals surface area contributed by atoms with Crippen LogP contribution in [0, 0.1) is 5.92 Å². The van der Waals surface area contributed by atoms with Crippen LogP contribution < -0.4 is 10.5 Å². The van der Waals surface area contributed by atoms with Gasteiger partial charge >= 0.3 is 6.18 Å². The van der Waals surface area contributed by atoms with Crippen LogP contribution in [-0.2, 0) is 0 Å². The molecule has 0 spiro atoms. The number of nitrogens with zero attached hydrogens (tertiary/aromatic N) is 1. The second kappa shape index (κ2) is 6.55. The highest BCUT2D eigenvalue weighted by atomic mass is 32.2. The number of thioether (sulfide) groups is 1. The third-order valence-electron chi connectivity index (χ3n) is 2.34. The molecule has 0 aliphatic rings. The first kappa shape index (κ1) is 15.5. The van der Waals surface area contributed by atoms with Crippen molar-refractivity contribution in [3.05, 3.63) is 24.3 Å². The number of hydrogen-bond donors (Lipinski definition) is 2. The highest BCUT2D eigenvalue weighted by Gasteiger charge is 2.42. The molecule has 1 unspecified atom stereocenters. The van der Waals surface area contributed by atoms with Gasteiger partial charge in [0, 0.05) is 10.6 Å². The third-order valence-corrected chi connectivity index (χ3v) is 3.45. The van der Waals surface area contributed by atoms with E-state index in [0.29, 0.717) is 10.6 Å². The zero-order chi connectivity index (χ0) is 14.5. The summed E-state index contributed by atoms with van der Waals surface area (Å²) in [5.74, 6) is -2.56. The maximum atomic E-state index is 12.7. The molecule has 106 valence electrons. The topological polar surface area (TPSA) is 67.8 Å². The van der Waals surface area contributed by atoms with E-state index in [4.69, 9.17) is 15.7 Å². The summed E-state index contributed by atoms with van der Waals surface area (Å²) < 4.78 is 43.0. The van der Waals surface area contributed by atoms with Crippen molar-refractivity contribution >= 4 is 17.6 Å². The lowest BCUT2D eigenvalue weighted by molar-refractivity contribution is -0.150. The Morgan fingerprint density at radius 1 is 1.42 bits per heavy atom. The van der Waals surface area contributed by atoms with E-state index >= 15 is 0 Å². The van der Waals surface area contributed by atoms with Gasteiger partial charge in [-0.05, 0) is 24.3 Å². The van der Waals surface area contributed by atoms with Crippen molar-refractivity contribution in [2.24, 2.45) is 16.8 Å². The summed E-state index contributed by atoms with van der Waals surface area (Å²) in [5.41, 5.74) is 5.06. The van der Waals surface area contributed by atoms with Crippen LogP contribution in [0.1, 0.15) is 0 Å². The van der Waals surface area contributed by atoms with Crippen molar-refractivity contribution in [3.63, 3.8) is 0 Å². The Kier molecular flexibility index (Phi) is 5.34. The monoisotopic (exact) mass is 294 g/mol. The molecule has 1 aromatic carbocycles. The van der Waals surface area contributed by atoms with Gasteiger partial charge in [0.25, 0.3) is 0 Å². The van der Waals surface area contributed by atoms with Crippen molar-refractivity contribution in [3.8, 4) is 5.75 Å². The number of halogens is 3. The van der Waals surface area contributed by atoms with Crippen molar-refractivity contribution in [1.29, 1.82) is 0 Å². The van der Waals surface area contributed by atoms with E-state index in [1.165, 1.54) is 7.11 Å². The molecule has 1 atom stereocenters. The molecule has 0 fully saturated rings. The van der Waals surface area contributed by atoms with Gasteiger partial charge in [0.2, 0.25) is 0 Å². The summed E-state index contributed by atoms with van der Waals surface area (Å²) in [6, 6.07) is 6.58. The molecule has 0 bridgehead atoms. The first-order valence-electron chi connectivity index (χ1n) is 5.19. The SMILES string of the molecule is COc1ccc(SCC(/C(N)=N/O)C(F)(F)F)cc1. The number of hydrogen-bond acceptors (Lipinski definition) is 4. The van der Waals surface area contributed by atoms with E-state index in [0.717, 1.165) is 11.8 Å². The number of rotatable bonds is 5. The minimum atomic E-state index is -4.55. The molecule has 0 amide bonds. The fourth-order valence-electron chi connectivity index (χ4n) is 1.27. The number of benzene rings is 1. The van der Waals surface area contributed by atoms with Gasteiger partial charge in [-0.25, -0.2) is 0 Å². The summed E-state index contributed by atoms with van der Waals surface area (Å²) >= 11 is 0.971. The van der Waals surface area contributed by atoms with Gasteiger partial charge in [0.15, 0.2) is 5.84 Å². The minimum absolute atomic E-state index is 0.355. The summed E-state index contributed by atoms with van der Waals surface area (Å²) in [6.45, 7) is 0. The summed E-state index contributed by atoms with van der Waals surface area (Å²) in [7, 11) is 1.50.